The van der Waals surface area contributed by atoms with Crippen LogP contribution in [0.5, 0.6) is 0 Å². The topological polar surface area (TPSA) is 54.6 Å². The standard InChI is InChI=1S/C16H20N2O2/c1-10-11(2)18-9-14(7-8-15(18)17-10)12-3-5-13(6-4-12)16(19)20/h7-9,12-13H,3-6H2,1-2H3,(H,19,20). The fourth-order valence-corrected chi connectivity index (χ4v) is 3.21. The third kappa shape index (κ3) is 2.19. The molecule has 0 aliphatic heterocycles. The van der Waals surface area contributed by atoms with Gasteiger partial charge in [-0.05, 0) is 57.1 Å². The number of hydrogen-bond acceptors (Lipinski definition) is 2. The van der Waals surface area contributed by atoms with E-state index in [1.165, 1.54) is 11.3 Å². The molecule has 20 heavy (non-hydrogen) atoms. The molecule has 4 nitrogen and oxygen atoms in total. The number of carboxylic acids is 1. The number of fused-ring (bicyclic) bond motifs is 1. The van der Waals surface area contributed by atoms with Crippen molar-refractivity contribution in [3.05, 3.63) is 35.3 Å². The van der Waals surface area contributed by atoms with Gasteiger partial charge in [0.25, 0.3) is 0 Å². The lowest BCUT2D eigenvalue weighted by Gasteiger charge is -2.26. The van der Waals surface area contributed by atoms with E-state index in [-0.39, 0.29) is 5.92 Å². The lowest BCUT2D eigenvalue weighted by molar-refractivity contribution is -0.142. The van der Waals surface area contributed by atoms with Crippen LogP contribution in [0.2, 0.25) is 0 Å². The molecule has 2 heterocycles. The van der Waals surface area contributed by atoms with E-state index in [0.717, 1.165) is 37.0 Å². The molecule has 0 atom stereocenters. The number of pyridine rings is 1. The molecular weight excluding hydrogens is 252 g/mol. The number of aliphatic carboxylic acids is 1. The van der Waals surface area contributed by atoms with Gasteiger partial charge in [-0.2, -0.15) is 0 Å². The highest BCUT2D eigenvalue weighted by molar-refractivity contribution is 5.70. The van der Waals surface area contributed by atoms with Gasteiger partial charge in [0, 0.05) is 11.9 Å². The monoisotopic (exact) mass is 272 g/mol. The molecule has 3 rings (SSSR count). The predicted molar refractivity (Wildman–Crippen MR) is 77.0 cm³/mol. The van der Waals surface area contributed by atoms with E-state index < -0.39 is 5.97 Å². The normalized spacial score (nSPS) is 23.1. The zero-order chi connectivity index (χ0) is 14.3. The summed E-state index contributed by atoms with van der Waals surface area (Å²) in [5.74, 6) is -0.302. The van der Waals surface area contributed by atoms with Crippen LogP contribution in [0.15, 0.2) is 18.3 Å². The molecule has 1 saturated carbocycles. The summed E-state index contributed by atoms with van der Waals surface area (Å²) in [6.45, 7) is 4.11. The first-order valence-corrected chi connectivity index (χ1v) is 7.24. The minimum atomic E-state index is -0.639. The number of hydrogen-bond donors (Lipinski definition) is 1. The molecule has 0 aromatic carbocycles. The van der Waals surface area contributed by atoms with Gasteiger partial charge in [-0.15, -0.1) is 0 Å². The molecule has 2 aromatic rings. The van der Waals surface area contributed by atoms with Crippen molar-refractivity contribution in [1.29, 1.82) is 0 Å². The Balaban J connectivity index is 1.84. The Bertz CT molecular complexity index is 652. The summed E-state index contributed by atoms with van der Waals surface area (Å²) in [5, 5.41) is 9.06. The second-order valence-electron chi connectivity index (χ2n) is 5.86. The summed E-state index contributed by atoms with van der Waals surface area (Å²) in [6, 6.07) is 4.21. The van der Waals surface area contributed by atoms with Crippen LogP contribution in [0.3, 0.4) is 0 Å². The van der Waals surface area contributed by atoms with Crippen LogP contribution in [-0.2, 0) is 4.79 Å². The minimum Gasteiger partial charge on any atom is -0.481 e. The van der Waals surface area contributed by atoms with Crippen LogP contribution in [0.4, 0.5) is 0 Å². The molecule has 0 radical (unpaired) electrons. The van der Waals surface area contributed by atoms with Gasteiger partial charge in [0.05, 0.1) is 11.6 Å². The smallest absolute Gasteiger partial charge is 0.306 e. The fraction of sp³-hybridized carbons (Fsp3) is 0.500. The molecule has 0 saturated heterocycles. The minimum absolute atomic E-state index is 0.146. The maximum atomic E-state index is 11.0. The molecule has 0 bridgehead atoms. The molecule has 1 N–H and O–H groups in total. The van der Waals surface area contributed by atoms with Crippen molar-refractivity contribution < 1.29 is 9.90 Å². The Morgan fingerprint density at radius 1 is 1.25 bits per heavy atom. The van der Waals surface area contributed by atoms with Crippen LogP contribution < -0.4 is 0 Å². The first-order valence-electron chi connectivity index (χ1n) is 7.24. The number of nitrogens with zero attached hydrogens (tertiary/aromatic N) is 2. The number of aromatic nitrogens is 2. The zero-order valence-electron chi connectivity index (χ0n) is 12.0. The lowest BCUT2D eigenvalue weighted by atomic mass is 9.79. The van der Waals surface area contributed by atoms with E-state index in [2.05, 4.69) is 34.6 Å². The van der Waals surface area contributed by atoms with Gasteiger partial charge >= 0.3 is 5.97 Å². The summed E-state index contributed by atoms with van der Waals surface area (Å²) >= 11 is 0. The van der Waals surface area contributed by atoms with E-state index in [1.807, 2.05) is 6.92 Å². The molecular formula is C16H20N2O2. The summed E-state index contributed by atoms with van der Waals surface area (Å²) < 4.78 is 2.15. The fourth-order valence-electron chi connectivity index (χ4n) is 3.21. The van der Waals surface area contributed by atoms with Gasteiger partial charge in [-0.1, -0.05) is 6.07 Å². The van der Waals surface area contributed by atoms with Gasteiger partial charge in [-0.3, -0.25) is 4.79 Å². The first kappa shape index (κ1) is 13.2. The summed E-state index contributed by atoms with van der Waals surface area (Å²) in [5.41, 5.74) is 4.54. The summed E-state index contributed by atoms with van der Waals surface area (Å²) in [6.07, 6.45) is 5.70. The third-order valence-corrected chi connectivity index (χ3v) is 4.66. The molecule has 106 valence electrons. The second-order valence-corrected chi connectivity index (χ2v) is 5.86. The Hall–Kier alpha value is -1.84. The molecule has 1 fully saturated rings. The molecule has 0 unspecified atom stereocenters. The summed E-state index contributed by atoms with van der Waals surface area (Å²) in [4.78, 5) is 15.5. The first-order chi connectivity index (χ1) is 9.56. The average molecular weight is 272 g/mol. The highest BCUT2D eigenvalue weighted by Crippen LogP contribution is 2.36. The number of carboxylic acid groups (broad SMARTS) is 1. The Morgan fingerprint density at radius 2 is 1.95 bits per heavy atom. The van der Waals surface area contributed by atoms with Crippen LogP contribution in [0.1, 0.15) is 48.6 Å². The van der Waals surface area contributed by atoms with Gasteiger partial charge in [0.2, 0.25) is 0 Å². The van der Waals surface area contributed by atoms with Crippen LogP contribution in [0.25, 0.3) is 5.65 Å². The third-order valence-electron chi connectivity index (χ3n) is 4.66. The maximum Gasteiger partial charge on any atom is 0.306 e. The van der Waals surface area contributed by atoms with Crippen LogP contribution in [0, 0.1) is 19.8 Å². The Morgan fingerprint density at radius 3 is 2.60 bits per heavy atom. The van der Waals surface area contributed by atoms with Gasteiger partial charge < -0.3 is 9.51 Å². The predicted octanol–water partition coefficient (Wildman–Crippen LogP) is 3.31. The summed E-state index contributed by atoms with van der Waals surface area (Å²) in [7, 11) is 0. The van der Waals surface area contributed by atoms with Crippen molar-refractivity contribution in [1.82, 2.24) is 9.38 Å². The average Bonchev–Trinajstić information content (AvgIpc) is 2.74. The maximum absolute atomic E-state index is 11.0. The van der Waals surface area contributed by atoms with E-state index in [0.29, 0.717) is 5.92 Å². The number of carbonyl (C=O) groups is 1. The Labute approximate surface area is 118 Å². The highest BCUT2D eigenvalue weighted by Gasteiger charge is 2.26. The van der Waals surface area contributed by atoms with Crippen molar-refractivity contribution in [3.63, 3.8) is 0 Å². The van der Waals surface area contributed by atoms with Gasteiger partial charge in [0.1, 0.15) is 5.65 Å². The van der Waals surface area contributed by atoms with E-state index in [1.54, 1.807) is 0 Å². The van der Waals surface area contributed by atoms with Crippen molar-refractivity contribution in [2.24, 2.45) is 5.92 Å². The zero-order valence-corrected chi connectivity index (χ0v) is 12.0. The molecule has 4 heteroatoms. The van der Waals surface area contributed by atoms with E-state index >= 15 is 0 Å². The van der Waals surface area contributed by atoms with Crippen molar-refractivity contribution in [2.45, 2.75) is 45.4 Å². The molecule has 1 aliphatic carbocycles. The molecule has 1 aliphatic rings. The van der Waals surface area contributed by atoms with E-state index in [9.17, 15) is 4.79 Å². The number of imidazole rings is 1. The number of rotatable bonds is 2. The molecule has 0 amide bonds. The highest BCUT2D eigenvalue weighted by atomic mass is 16.4. The van der Waals surface area contributed by atoms with Crippen molar-refractivity contribution in [2.75, 3.05) is 0 Å². The van der Waals surface area contributed by atoms with Crippen molar-refractivity contribution in [3.8, 4) is 0 Å². The quantitative estimate of drug-likeness (QED) is 0.912. The largest absolute Gasteiger partial charge is 0.481 e. The van der Waals surface area contributed by atoms with Gasteiger partial charge in [0.15, 0.2) is 0 Å². The lowest BCUT2D eigenvalue weighted by Crippen LogP contribution is -2.20. The van der Waals surface area contributed by atoms with Crippen LogP contribution in [-0.4, -0.2) is 20.5 Å². The second kappa shape index (κ2) is 4.93. The molecule has 2 aromatic heterocycles. The SMILES string of the molecule is Cc1nc2ccc(C3CCC(C(=O)O)CC3)cn2c1C. The van der Waals surface area contributed by atoms with Crippen molar-refractivity contribution >= 4 is 11.6 Å². The van der Waals surface area contributed by atoms with E-state index in [4.69, 9.17) is 5.11 Å². The molecule has 0 spiro atoms. The number of aryl methyl sites for hydroxylation is 2. The van der Waals surface area contributed by atoms with Crippen LogP contribution >= 0.6 is 0 Å². The Kier molecular flexibility index (Phi) is 3.24. The van der Waals surface area contributed by atoms with Gasteiger partial charge in [-0.25, -0.2) is 4.98 Å².